The third-order valence-corrected chi connectivity index (χ3v) is 2.66. The average Bonchev–Trinajstić information content (AvgIpc) is 2.47. The Balaban J connectivity index is 2.27. The highest BCUT2D eigenvalue weighted by Gasteiger charge is 2.06. The molecule has 20 heavy (non-hydrogen) atoms. The summed E-state index contributed by atoms with van der Waals surface area (Å²) in [6.07, 6.45) is 1.76. The van der Waals surface area contributed by atoms with Gasteiger partial charge in [0, 0.05) is 19.5 Å². The van der Waals surface area contributed by atoms with Crippen molar-refractivity contribution in [1.29, 1.82) is 5.26 Å². The molecular weight excluding hydrogens is 252 g/mol. The first-order chi connectivity index (χ1) is 9.75. The van der Waals surface area contributed by atoms with E-state index < -0.39 is 0 Å². The Kier molecular flexibility index (Phi) is 4.51. The van der Waals surface area contributed by atoms with Crippen molar-refractivity contribution in [3.05, 3.63) is 41.7 Å². The van der Waals surface area contributed by atoms with Crippen LogP contribution in [-0.4, -0.2) is 17.0 Å². The van der Waals surface area contributed by atoms with Crippen LogP contribution in [0.3, 0.4) is 0 Å². The lowest BCUT2D eigenvalue weighted by molar-refractivity contribution is 0.458. The first-order valence-corrected chi connectivity index (χ1v) is 6.49. The maximum absolute atomic E-state index is 8.88. The summed E-state index contributed by atoms with van der Waals surface area (Å²) >= 11 is 0. The molecule has 5 heteroatoms. The van der Waals surface area contributed by atoms with Crippen molar-refractivity contribution in [2.45, 2.75) is 19.8 Å². The largest absolute Gasteiger partial charge is 0.439 e. The van der Waals surface area contributed by atoms with Gasteiger partial charge in [-0.3, -0.25) is 0 Å². The molecular formula is C15H16N4O. The highest BCUT2D eigenvalue weighted by Crippen LogP contribution is 2.22. The Bertz CT molecular complexity index is 634. The number of ether oxygens (including phenoxy) is 1. The first-order valence-electron chi connectivity index (χ1n) is 6.49. The van der Waals surface area contributed by atoms with Crippen molar-refractivity contribution in [3.8, 4) is 17.7 Å². The van der Waals surface area contributed by atoms with Crippen LogP contribution in [0.4, 0.5) is 5.82 Å². The monoisotopic (exact) mass is 268 g/mol. The number of nitriles is 1. The van der Waals surface area contributed by atoms with Gasteiger partial charge < -0.3 is 10.1 Å². The summed E-state index contributed by atoms with van der Waals surface area (Å²) in [5.74, 6) is 2.52. The predicted molar refractivity (Wildman–Crippen MR) is 76.8 cm³/mol. The van der Waals surface area contributed by atoms with Crippen LogP contribution in [0.5, 0.6) is 11.6 Å². The second kappa shape index (κ2) is 6.53. The Hall–Kier alpha value is -2.61. The van der Waals surface area contributed by atoms with E-state index in [1.54, 1.807) is 37.4 Å². The summed E-state index contributed by atoms with van der Waals surface area (Å²) in [6.45, 7) is 2.08. The van der Waals surface area contributed by atoms with E-state index in [2.05, 4.69) is 28.3 Å². The van der Waals surface area contributed by atoms with E-state index in [1.165, 1.54) is 0 Å². The van der Waals surface area contributed by atoms with Crippen LogP contribution in [0.15, 0.2) is 30.3 Å². The number of hydrogen-bond acceptors (Lipinski definition) is 5. The molecule has 0 aliphatic rings. The van der Waals surface area contributed by atoms with Crippen molar-refractivity contribution in [3.63, 3.8) is 0 Å². The maximum atomic E-state index is 8.88. The first kappa shape index (κ1) is 13.8. The van der Waals surface area contributed by atoms with Crippen LogP contribution in [-0.2, 0) is 6.42 Å². The van der Waals surface area contributed by atoms with Crippen molar-refractivity contribution < 1.29 is 4.74 Å². The molecule has 0 aliphatic carbocycles. The molecule has 0 saturated heterocycles. The lowest BCUT2D eigenvalue weighted by Gasteiger charge is -2.08. The van der Waals surface area contributed by atoms with Crippen LogP contribution in [0.1, 0.15) is 24.7 Å². The number of benzene rings is 1. The molecule has 0 bridgehead atoms. The van der Waals surface area contributed by atoms with E-state index in [1.807, 2.05) is 0 Å². The zero-order chi connectivity index (χ0) is 14.4. The summed E-state index contributed by atoms with van der Waals surface area (Å²) in [5, 5.41) is 11.9. The maximum Gasteiger partial charge on any atom is 0.224 e. The second-order valence-corrected chi connectivity index (χ2v) is 4.25. The van der Waals surface area contributed by atoms with Gasteiger partial charge in [-0.25, -0.2) is 4.98 Å². The normalized spacial score (nSPS) is 9.85. The average molecular weight is 268 g/mol. The number of anilines is 1. The lowest BCUT2D eigenvalue weighted by Crippen LogP contribution is -2.01. The Morgan fingerprint density at radius 3 is 2.85 bits per heavy atom. The molecule has 1 aromatic heterocycles. The standard InChI is InChI=1S/C15H16N4O/c1-3-5-13-18-14(17-2)9-15(19-13)20-12-7-4-6-11(8-12)10-16/h4,6-9H,3,5H2,1-2H3,(H,17,18,19). The molecule has 0 saturated carbocycles. The highest BCUT2D eigenvalue weighted by molar-refractivity contribution is 5.41. The van der Waals surface area contributed by atoms with E-state index in [0.29, 0.717) is 17.2 Å². The third-order valence-electron chi connectivity index (χ3n) is 2.66. The van der Waals surface area contributed by atoms with E-state index in [4.69, 9.17) is 10.00 Å². The minimum Gasteiger partial charge on any atom is -0.439 e. The summed E-state index contributed by atoms with van der Waals surface area (Å²) in [4.78, 5) is 8.73. The van der Waals surface area contributed by atoms with Crippen LogP contribution >= 0.6 is 0 Å². The molecule has 1 N–H and O–H groups in total. The van der Waals surface area contributed by atoms with Crippen LogP contribution in [0.25, 0.3) is 0 Å². The number of nitrogens with one attached hydrogen (secondary N) is 1. The van der Waals surface area contributed by atoms with E-state index in [0.717, 1.165) is 24.5 Å². The predicted octanol–water partition coefficient (Wildman–Crippen LogP) is 3.13. The summed E-state index contributed by atoms with van der Waals surface area (Å²) in [7, 11) is 1.80. The molecule has 1 heterocycles. The topological polar surface area (TPSA) is 70.8 Å². The number of aryl methyl sites for hydroxylation is 1. The van der Waals surface area contributed by atoms with Gasteiger partial charge in [0.25, 0.3) is 0 Å². The lowest BCUT2D eigenvalue weighted by atomic mass is 10.2. The molecule has 2 aromatic rings. The third kappa shape index (κ3) is 3.45. The summed E-state index contributed by atoms with van der Waals surface area (Å²) in [6, 6.07) is 10.8. The second-order valence-electron chi connectivity index (χ2n) is 4.25. The zero-order valence-corrected chi connectivity index (χ0v) is 11.6. The summed E-state index contributed by atoms with van der Waals surface area (Å²) in [5.41, 5.74) is 0.555. The molecule has 0 unspecified atom stereocenters. The molecule has 1 aromatic carbocycles. The molecule has 0 aliphatic heterocycles. The van der Waals surface area contributed by atoms with Gasteiger partial charge in [-0.2, -0.15) is 10.2 Å². The van der Waals surface area contributed by atoms with Gasteiger partial charge in [-0.1, -0.05) is 13.0 Å². The van der Waals surface area contributed by atoms with Crippen LogP contribution in [0.2, 0.25) is 0 Å². The van der Waals surface area contributed by atoms with Gasteiger partial charge in [-0.15, -0.1) is 0 Å². The molecule has 0 amide bonds. The summed E-state index contributed by atoms with van der Waals surface area (Å²) < 4.78 is 5.71. The molecule has 0 fully saturated rings. The minimum absolute atomic E-state index is 0.475. The highest BCUT2D eigenvalue weighted by atomic mass is 16.5. The quantitative estimate of drug-likeness (QED) is 0.902. The fraction of sp³-hybridized carbons (Fsp3) is 0.267. The smallest absolute Gasteiger partial charge is 0.224 e. The fourth-order valence-corrected chi connectivity index (χ4v) is 1.74. The van der Waals surface area contributed by atoms with Crippen molar-refractivity contribution >= 4 is 5.82 Å². The molecule has 2 rings (SSSR count). The van der Waals surface area contributed by atoms with E-state index in [9.17, 15) is 0 Å². The molecule has 0 atom stereocenters. The van der Waals surface area contributed by atoms with Crippen molar-refractivity contribution in [2.75, 3.05) is 12.4 Å². The van der Waals surface area contributed by atoms with Crippen molar-refractivity contribution in [2.24, 2.45) is 0 Å². The van der Waals surface area contributed by atoms with Gasteiger partial charge in [0.1, 0.15) is 17.4 Å². The van der Waals surface area contributed by atoms with Gasteiger partial charge in [0.05, 0.1) is 11.6 Å². The number of hydrogen-bond donors (Lipinski definition) is 1. The number of aromatic nitrogens is 2. The van der Waals surface area contributed by atoms with Gasteiger partial charge in [-0.05, 0) is 24.6 Å². The molecule has 0 radical (unpaired) electrons. The van der Waals surface area contributed by atoms with Crippen LogP contribution in [0, 0.1) is 11.3 Å². The molecule has 5 nitrogen and oxygen atoms in total. The Labute approximate surface area is 118 Å². The fourth-order valence-electron chi connectivity index (χ4n) is 1.74. The Morgan fingerprint density at radius 1 is 1.30 bits per heavy atom. The zero-order valence-electron chi connectivity index (χ0n) is 11.6. The number of rotatable bonds is 5. The molecule has 102 valence electrons. The SMILES string of the molecule is CCCc1nc(NC)cc(Oc2cccc(C#N)c2)n1. The van der Waals surface area contributed by atoms with E-state index in [-0.39, 0.29) is 0 Å². The van der Waals surface area contributed by atoms with Gasteiger partial charge >= 0.3 is 0 Å². The van der Waals surface area contributed by atoms with Crippen LogP contribution < -0.4 is 10.1 Å². The van der Waals surface area contributed by atoms with E-state index >= 15 is 0 Å². The van der Waals surface area contributed by atoms with Gasteiger partial charge in [0.15, 0.2) is 0 Å². The van der Waals surface area contributed by atoms with Gasteiger partial charge in [0.2, 0.25) is 5.88 Å². The van der Waals surface area contributed by atoms with Crippen molar-refractivity contribution in [1.82, 2.24) is 9.97 Å². The minimum atomic E-state index is 0.475. The Morgan fingerprint density at radius 2 is 2.15 bits per heavy atom. The number of nitrogens with zero attached hydrogens (tertiary/aromatic N) is 3. The molecule has 0 spiro atoms.